The van der Waals surface area contributed by atoms with E-state index < -0.39 is 6.17 Å². The Kier molecular flexibility index (Phi) is 7.21. The first-order valence-electron chi connectivity index (χ1n) is 11.1. The van der Waals surface area contributed by atoms with Crippen LogP contribution in [0.5, 0.6) is 0 Å². The van der Waals surface area contributed by atoms with Crippen molar-refractivity contribution in [1.82, 2.24) is 5.43 Å². The fourth-order valence-electron chi connectivity index (χ4n) is 4.23. The molecule has 5 rings (SSSR count). The lowest BCUT2D eigenvalue weighted by atomic mass is 9.93. The molecule has 2 aliphatic heterocycles. The molecule has 2 heterocycles. The molecule has 1 unspecified atom stereocenters. The second kappa shape index (κ2) is 10.4. The molecule has 2 aliphatic rings. The minimum atomic E-state index is -0.721. The summed E-state index contributed by atoms with van der Waals surface area (Å²) in [5.41, 5.74) is 5.48. The Morgan fingerprint density at radius 2 is 1.35 bits per heavy atom. The highest BCUT2D eigenvalue weighted by Gasteiger charge is 2.43. The zero-order valence-electron chi connectivity index (χ0n) is 19.0. The van der Waals surface area contributed by atoms with Crippen molar-refractivity contribution in [3.63, 3.8) is 0 Å². The maximum Gasteiger partial charge on any atom is 0.272 e. The molecule has 0 saturated carbocycles. The summed E-state index contributed by atoms with van der Waals surface area (Å²) < 4.78 is 0. The number of amides is 1. The van der Waals surface area contributed by atoms with Crippen molar-refractivity contribution < 1.29 is 14.4 Å². The van der Waals surface area contributed by atoms with Gasteiger partial charge in [-0.15, -0.1) is 0 Å². The smallest absolute Gasteiger partial charge is 0.272 e. The van der Waals surface area contributed by atoms with Crippen LogP contribution in [0.2, 0.25) is 20.1 Å². The topological polar surface area (TPSA) is 78.8 Å². The number of hydrogen-bond acceptors (Lipinski definition) is 5. The first-order chi connectivity index (χ1) is 17.7. The number of fused-ring (bicyclic) bond motifs is 1. The summed E-state index contributed by atoms with van der Waals surface area (Å²) in [7, 11) is 0. The maximum absolute atomic E-state index is 13.5. The van der Waals surface area contributed by atoms with Crippen LogP contribution in [-0.4, -0.2) is 29.4 Å². The van der Waals surface area contributed by atoms with Crippen LogP contribution in [0.1, 0.15) is 33.6 Å². The third kappa shape index (κ3) is 5.08. The van der Waals surface area contributed by atoms with E-state index in [2.05, 4.69) is 10.4 Å². The zero-order valence-corrected chi connectivity index (χ0v) is 22.0. The van der Waals surface area contributed by atoms with Crippen LogP contribution in [-0.2, 0) is 4.79 Å². The summed E-state index contributed by atoms with van der Waals surface area (Å²) in [6, 6.07) is 18.2. The molecular weight excluding hydrogens is 556 g/mol. The van der Waals surface area contributed by atoms with Gasteiger partial charge in [-0.05, 0) is 54.1 Å². The molecular formula is C27H17Cl4N3O3. The highest BCUT2D eigenvalue weighted by atomic mass is 35.5. The van der Waals surface area contributed by atoms with E-state index in [0.29, 0.717) is 43.7 Å². The fraction of sp³-hybridized carbons (Fsp3) is 0.111. The third-order valence-corrected chi connectivity index (χ3v) is 7.56. The number of hydrogen-bond donors (Lipinski definition) is 1. The van der Waals surface area contributed by atoms with Crippen LogP contribution in [0, 0.1) is 0 Å². The minimum absolute atomic E-state index is 0.123. The second-order valence-corrected chi connectivity index (χ2v) is 10.1. The van der Waals surface area contributed by atoms with E-state index in [9.17, 15) is 14.4 Å². The predicted molar refractivity (Wildman–Crippen MR) is 146 cm³/mol. The predicted octanol–water partition coefficient (Wildman–Crippen LogP) is 6.77. The zero-order chi connectivity index (χ0) is 26.3. The molecule has 1 fully saturated rings. The van der Waals surface area contributed by atoms with E-state index in [1.165, 1.54) is 29.3 Å². The molecule has 1 amide bonds. The maximum atomic E-state index is 13.5. The molecule has 0 radical (unpaired) electrons. The van der Waals surface area contributed by atoms with Gasteiger partial charge in [0.1, 0.15) is 6.17 Å². The van der Waals surface area contributed by atoms with E-state index in [4.69, 9.17) is 46.4 Å². The molecule has 3 aromatic rings. The number of carbonyl (C=O) groups is 3. The standard InChI is InChI=1S/C27H17Cl4N3O3/c28-18-8-6-14(10-20(18)30)23(35)12-17-22(13-24(36)15-7-9-19(29)21(31)11-15)32-26-25(17)27(37)34(33-26)16-4-2-1-3-5-16/h1-11,26,33H,12-13H2. The Balaban J connectivity index is 1.48. The van der Waals surface area contributed by atoms with E-state index >= 15 is 0 Å². The molecule has 3 aromatic carbocycles. The van der Waals surface area contributed by atoms with Crippen LogP contribution >= 0.6 is 46.4 Å². The Morgan fingerprint density at radius 1 is 0.784 bits per heavy atom. The van der Waals surface area contributed by atoms with Crippen LogP contribution in [0.25, 0.3) is 0 Å². The Morgan fingerprint density at radius 3 is 1.92 bits per heavy atom. The molecule has 0 spiro atoms. The number of rotatable bonds is 7. The van der Waals surface area contributed by atoms with Crippen LogP contribution in [0.4, 0.5) is 5.69 Å². The number of anilines is 1. The van der Waals surface area contributed by atoms with E-state index in [1.807, 2.05) is 18.2 Å². The monoisotopic (exact) mass is 571 g/mol. The van der Waals surface area contributed by atoms with Crippen molar-refractivity contribution in [2.24, 2.45) is 4.99 Å². The van der Waals surface area contributed by atoms with Gasteiger partial charge in [-0.2, -0.15) is 5.43 Å². The summed E-state index contributed by atoms with van der Waals surface area (Å²) in [4.78, 5) is 44.4. The number of nitrogens with one attached hydrogen (secondary N) is 1. The number of benzene rings is 3. The number of Topliss-reactive ketones (excluding diaryl/α,β-unsaturated/α-hetero) is 2. The van der Waals surface area contributed by atoms with E-state index in [1.54, 1.807) is 24.3 Å². The van der Waals surface area contributed by atoms with Crippen LogP contribution < -0.4 is 10.4 Å². The van der Waals surface area contributed by atoms with Crippen molar-refractivity contribution in [3.05, 3.63) is 109 Å². The van der Waals surface area contributed by atoms with Gasteiger partial charge < -0.3 is 0 Å². The van der Waals surface area contributed by atoms with Crippen molar-refractivity contribution in [3.8, 4) is 0 Å². The van der Waals surface area contributed by atoms with Gasteiger partial charge in [0.15, 0.2) is 11.6 Å². The van der Waals surface area contributed by atoms with Crippen molar-refractivity contribution in [1.29, 1.82) is 0 Å². The molecule has 37 heavy (non-hydrogen) atoms. The molecule has 1 atom stereocenters. The summed E-state index contributed by atoms with van der Waals surface area (Å²) in [5, 5.41) is 2.54. The lowest BCUT2D eigenvalue weighted by Gasteiger charge is -2.17. The summed E-state index contributed by atoms with van der Waals surface area (Å²) in [6.45, 7) is 0. The minimum Gasteiger partial charge on any atom is -0.294 e. The van der Waals surface area contributed by atoms with Gasteiger partial charge in [0, 0.05) is 23.3 Å². The second-order valence-electron chi connectivity index (χ2n) is 8.43. The number of nitrogens with zero attached hydrogens (tertiary/aromatic N) is 2. The quantitative estimate of drug-likeness (QED) is 0.317. The molecule has 0 aliphatic carbocycles. The van der Waals surface area contributed by atoms with Gasteiger partial charge in [-0.1, -0.05) is 64.6 Å². The summed E-state index contributed by atoms with van der Waals surface area (Å²) in [6.07, 6.45) is -0.990. The molecule has 1 saturated heterocycles. The number of carbonyl (C=O) groups excluding carboxylic acids is 3. The average molecular weight is 573 g/mol. The van der Waals surface area contributed by atoms with Gasteiger partial charge in [0.25, 0.3) is 5.91 Å². The normalized spacial score (nSPS) is 16.8. The first-order valence-corrected chi connectivity index (χ1v) is 12.7. The largest absolute Gasteiger partial charge is 0.294 e. The van der Waals surface area contributed by atoms with Gasteiger partial charge in [0.05, 0.1) is 37.8 Å². The van der Waals surface area contributed by atoms with Gasteiger partial charge in [-0.3, -0.25) is 19.4 Å². The number of hydrazine groups is 1. The summed E-state index contributed by atoms with van der Waals surface area (Å²) >= 11 is 24.2. The fourth-order valence-corrected chi connectivity index (χ4v) is 4.83. The summed E-state index contributed by atoms with van der Waals surface area (Å²) in [5.74, 6) is -0.902. The van der Waals surface area contributed by atoms with Gasteiger partial charge in [0.2, 0.25) is 0 Å². The lowest BCUT2D eigenvalue weighted by Crippen LogP contribution is -2.37. The Bertz CT molecular complexity index is 1520. The Hall–Kier alpha value is -3.00. The average Bonchev–Trinajstić information content (AvgIpc) is 3.38. The first kappa shape index (κ1) is 25.6. The number of para-hydroxylation sites is 1. The third-order valence-electron chi connectivity index (χ3n) is 6.08. The molecule has 186 valence electrons. The van der Waals surface area contributed by atoms with Gasteiger partial charge in [-0.25, -0.2) is 5.01 Å². The number of ketones is 2. The van der Waals surface area contributed by atoms with Crippen molar-refractivity contribution in [2.75, 3.05) is 5.01 Å². The molecule has 6 nitrogen and oxygen atoms in total. The van der Waals surface area contributed by atoms with Crippen molar-refractivity contribution >= 4 is 75.3 Å². The SMILES string of the molecule is O=C(CC1=NC2NN(c3ccccc3)C(=O)C2=C1CC(=O)c1ccc(Cl)c(Cl)c1)c1ccc(Cl)c(Cl)c1. The molecule has 1 N–H and O–H groups in total. The highest BCUT2D eigenvalue weighted by Crippen LogP contribution is 2.34. The number of allylic oxidation sites excluding steroid dienone is 1. The highest BCUT2D eigenvalue weighted by molar-refractivity contribution is 6.42. The number of aliphatic imine (C=N–C) groups is 1. The van der Waals surface area contributed by atoms with Crippen LogP contribution in [0.3, 0.4) is 0 Å². The van der Waals surface area contributed by atoms with E-state index in [0.717, 1.165) is 0 Å². The van der Waals surface area contributed by atoms with Crippen molar-refractivity contribution in [2.45, 2.75) is 19.0 Å². The van der Waals surface area contributed by atoms with E-state index in [-0.39, 0.29) is 40.4 Å². The molecule has 0 aromatic heterocycles. The van der Waals surface area contributed by atoms with Crippen LogP contribution in [0.15, 0.2) is 82.9 Å². The Labute approximate surface area is 232 Å². The lowest BCUT2D eigenvalue weighted by molar-refractivity contribution is -0.114. The number of halogens is 4. The molecule has 10 heteroatoms. The van der Waals surface area contributed by atoms with Gasteiger partial charge >= 0.3 is 0 Å². The molecule has 0 bridgehead atoms.